The molecule has 10 heteroatoms. The number of hydrogen-bond acceptors (Lipinski definition) is 5. The number of carbonyl (C=O) groups excluding carboxylic acids is 1. The topological polar surface area (TPSA) is 114 Å². The minimum Gasteiger partial charge on any atom is -0.371 e. The molecule has 1 heterocycles. The number of benzene rings is 1. The van der Waals surface area contributed by atoms with Gasteiger partial charge >= 0.3 is 6.03 Å². The van der Waals surface area contributed by atoms with E-state index in [9.17, 15) is 4.79 Å². The molecule has 1 aromatic rings. The van der Waals surface area contributed by atoms with Crippen molar-refractivity contribution in [3.8, 4) is 6.19 Å². The second kappa shape index (κ2) is 16.4. The number of hydrogen-bond donors (Lipinski definition) is 4. The predicted octanol–water partition coefficient (Wildman–Crippen LogP) is 4.02. The Kier molecular flexibility index (Phi) is 13.0. The highest BCUT2D eigenvalue weighted by atomic mass is 35.5. The number of guanidine groups is 1. The average Bonchev–Trinajstić information content (AvgIpc) is 2.93. The minimum atomic E-state index is -0.201. The Bertz CT molecular complexity index is 932. The van der Waals surface area contributed by atoms with E-state index in [1.165, 1.54) is 32.1 Å². The number of nitriles is 1. The van der Waals surface area contributed by atoms with Gasteiger partial charge in [-0.3, -0.25) is 0 Å². The Morgan fingerprint density at radius 2 is 2.05 bits per heavy atom. The molecule has 0 radical (unpaired) electrons. The third kappa shape index (κ3) is 9.64. The van der Waals surface area contributed by atoms with E-state index in [1.54, 1.807) is 13.2 Å². The van der Waals surface area contributed by atoms with Gasteiger partial charge in [0.2, 0.25) is 12.2 Å². The molecule has 9 nitrogen and oxygen atoms in total. The van der Waals surface area contributed by atoms with Crippen molar-refractivity contribution >= 4 is 23.6 Å². The maximum atomic E-state index is 13.4. The first-order chi connectivity index (χ1) is 18.5. The van der Waals surface area contributed by atoms with E-state index in [2.05, 4.69) is 26.3 Å². The van der Waals surface area contributed by atoms with E-state index < -0.39 is 0 Å². The maximum absolute atomic E-state index is 13.4. The molecular formula is C28H44ClN7O2. The van der Waals surface area contributed by atoms with Crippen LogP contribution < -0.4 is 21.3 Å². The molecule has 1 aliphatic carbocycles. The van der Waals surface area contributed by atoms with E-state index in [0.29, 0.717) is 36.6 Å². The highest BCUT2D eigenvalue weighted by Gasteiger charge is 2.32. The number of aliphatic imine (C=N–C) groups is 1. The smallest absolute Gasteiger partial charge is 0.317 e. The number of urea groups is 1. The first-order valence-electron chi connectivity index (χ1n) is 14.0. The van der Waals surface area contributed by atoms with Crippen LogP contribution >= 0.6 is 11.6 Å². The molecule has 38 heavy (non-hydrogen) atoms. The molecule has 0 aromatic heterocycles. The number of piperidine rings is 1. The fraction of sp³-hybridized carbons (Fsp3) is 0.679. The van der Waals surface area contributed by atoms with Crippen molar-refractivity contribution < 1.29 is 9.53 Å². The molecular weight excluding hydrogens is 502 g/mol. The molecule has 1 saturated carbocycles. The third-order valence-corrected chi connectivity index (χ3v) is 7.80. The molecule has 3 atom stereocenters. The Hall–Kier alpha value is -2.54. The second-order valence-corrected chi connectivity index (χ2v) is 10.8. The molecule has 1 aromatic carbocycles. The standard InChI is InChI=1S/C28H44ClN7O2/c1-31-18-25(16-21-8-4-3-5-9-21)35-28(37)36-14-7-11-23(19-36)26(22-10-6-12-24(29)17-22)38-15-13-33-27(32-2)34-20-30/h6,10,12,17,21,23,25-26,31H,3-5,7-9,11,13-16,18-19H2,1-2H3,(H,35,37)(H2,32,33,34)/t23-,25+,26+/m1/s1. The summed E-state index contributed by atoms with van der Waals surface area (Å²) in [7, 11) is 3.65. The third-order valence-electron chi connectivity index (χ3n) is 7.56. The van der Waals surface area contributed by atoms with Gasteiger partial charge < -0.3 is 30.9 Å². The number of ether oxygens (including phenoxy) is 1. The summed E-state index contributed by atoms with van der Waals surface area (Å²) in [5, 5.41) is 22.0. The van der Waals surface area contributed by atoms with Crippen LogP contribution in [-0.4, -0.2) is 69.8 Å². The van der Waals surface area contributed by atoms with Crippen LogP contribution in [0, 0.1) is 23.3 Å². The number of carbonyl (C=O) groups is 1. The van der Waals surface area contributed by atoms with E-state index in [4.69, 9.17) is 21.6 Å². The SMILES string of the molecule is CNC[C@H](CC1CCCCC1)NC(=O)N1CCC[C@@H]([C@@H](OCCNC(=NC#N)NC)c2cccc(Cl)c2)C1. The molecule has 2 fully saturated rings. The molecule has 2 amide bonds. The van der Waals surface area contributed by atoms with Crippen molar-refractivity contribution in [1.29, 1.82) is 5.26 Å². The predicted molar refractivity (Wildman–Crippen MR) is 152 cm³/mol. The number of likely N-dealkylation sites (tertiary alicyclic amines) is 1. The fourth-order valence-electron chi connectivity index (χ4n) is 5.75. The van der Waals surface area contributed by atoms with Gasteiger partial charge in [-0.1, -0.05) is 55.8 Å². The molecule has 0 spiro atoms. The van der Waals surface area contributed by atoms with Crippen LogP contribution in [0.25, 0.3) is 0 Å². The summed E-state index contributed by atoms with van der Waals surface area (Å²) in [5.74, 6) is 1.25. The van der Waals surface area contributed by atoms with Crippen molar-refractivity contribution in [1.82, 2.24) is 26.2 Å². The lowest BCUT2D eigenvalue weighted by molar-refractivity contribution is -0.00775. The van der Waals surface area contributed by atoms with Crippen LogP contribution in [0.4, 0.5) is 4.79 Å². The zero-order valence-corrected chi connectivity index (χ0v) is 23.6. The van der Waals surface area contributed by atoms with E-state index in [-0.39, 0.29) is 24.1 Å². The van der Waals surface area contributed by atoms with E-state index in [1.807, 2.05) is 36.2 Å². The van der Waals surface area contributed by atoms with Crippen molar-refractivity contribution in [2.75, 3.05) is 46.9 Å². The van der Waals surface area contributed by atoms with Crippen LogP contribution in [0.5, 0.6) is 0 Å². The minimum absolute atomic E-state index is 0.0173. The molecule has 1 saturated heterocycles. The highest BCUT2D eigenvalue weighted by molar-refractivity contribution is 6.30. The lowest BCUT2D eigenvalue weighted by atomic mass is 9.85. The van der Waals surface area contributed by atoms with E-state index >= 15 is 0 Å². The van der Waals surface area contributed by atoms with Crippen LogP contribution in [0.3, 0.4) is 0 Å². The van der Waals surface area contributed by atoms with Crippen LogP contribution in [-0.2, 0) is 4.74 Å². The Morgan fingerprint density at radius 1 is 1.24 bits per heavy atom. The van der Waals surface area contributed by atoms with Gasteiger partial charge in [0.05, 0.1) is 12.7 Å². The Morgan fingerprint density at radius 3 is 2.76 bits per heavy atom. The molecule has 0 unspecified atom stereocenters. The van der Waals surface area contributed by atoms with Gasteiger partial charge in [0.1, 0.15) is 0 Å². The van der Waals surface area contributed by atoms with Gasteiger partial charge in [-0.15, -0.1) is 4.99 Å². The summed E-state index contributed by atoms with van der Waals surface area (Å²) < 4.78 is 6.39. The van der Waals surface area contributed by atoms with Gasteiger partial charge in [0.15, 0.2) is 0 Å². The summed E-state index contributed by atoms with van der Waals surface area (Å²) in [4.78, 5) is 19.0. The molecule has 210 valence electrons. The first-order valence-corrected chi connectivity index (χ1v) is 14.4. The maximum Gasteiger partial charge on any atom is 0.317 e. The van der Waals surface area contributed by atoms with Crippen molar-refractivity contribution in [2.24, 2.45) is 16.8 Å². The molecule has 0 bridgehead atoms. The van der Waals surface area contributed by atoms with E-state index in [0.717, 1.165) is 37.9 Å². The summed E-state index contributed by atoms with van der Waals surface area (Å²) in [6, 6.07) is 7.93. The quantitative estimate of drug-likeness (QED) is 0.144. The lowest BCUT2D eigenvalue weighted by Crippen LogP contribution is -2.52. The number of halogens is 1. The van der Waals surface area contributed by atoms with Crippen LogP contribution in [0.1, 0.15) is 63.0 Å². The fourth-order valence-corrected chi connectivity index (χ4v) is 5.95. The monoisotopic (exact) mass is 545 g/mol. The lowest BCUT2D eigenvalue weighted by Gasteiger charge is -2.38. The number of amides is 2. The van der Waals surface area contributed by atoms with Crippen molar-refractivity contribution in [3.05, 3.63) is 34.9 Å². The van der Waals surface area contributed by atoms with Crippen LogP contribution in [0.15, 0.2) is 29.3 Å². The summed E-state index contributed by atoms with van der Waals surface area (Å²) in [6.45, 7) is 3.06. The van der Waals surface area contributed by atoms with Crippen molar-refractivity contribution in [2.45, 2.75) is 63.5 Å². The first kappa shape index (κ1) is 30.0. The highest BCUT2D eigenvalue weighted by Crippen LogP contribution is 2.34. The molecule has 3 rings (SSSR count). The van der Waals surface area contributed by atoms with Gasteiger partial charge in [-0.25, -0.2) is 4.79 Å². The zero-order valence-electron chi connectivity index (χ0n) is 22.8. The Balaban J connectivity index is 1.62. The zero-order chi connectivity index (χ0) is 27.2. The normalized spacial score (nSPS) is 20.3. The second-order valence-electron chi connectivity index (χ2n) is 10.4. The van der Waals surface area contributed by atoms with Gasteiger partial charge in [-0.2, -0.15) is 5.26 Å². The molecule has 1 aliphatic heterocycles. The van der Waals surface area contributed by atoms with Gasteiger partial charge in [-0.05, 0) is 49.9 Å². The number of rotatable bonds is 11. The summed E-state index contributed by atoms with van der Waals surface area (Å²) >= 11 is 6.33. The van der Waals surface area contributed by atoms with Gasteiger partial charge in [0, 0.05) is 50.2 Å². The van der Waals surface area contributed by atoms with Crippen LogP contribution in [0.2, 0.25) is 5.02 Å². The Labute approximate surface area is 232 Å². The average molecular weight is 546 g/mol. The van der Waals surface area contributed by atoms with Gasteiger partial charge in [0.25, 0.3) is 0 Å². The molecule has 2 aliphatic rings. The number of nitrogens with zero attached hydrogens (tertiary/aromatic N) is 3. The largest absolute Gasteiger partial charge is 0.371 e. The summed E-state index contributed by atoms with van der Waals surface area (Å²) in [6.07, 6.45) is 11.0. The number of nitrogens with one attached hydrogen (secondary N) is 4. The summed E-state index contributed by atoms with van der Waals surface area (Å²) in [5.41, 5.74) is 1.01. The number of likely N-dealkylation sites (N-methyl/N-ethyl adjacent to an activating group) is 1. The van der Waals surface area contributed by atoms with Crippen molar-refractivity contribution in [3.63, 3.8) is 0 Å². The molecule has 4 N–H and O–H groups in total.